The van der Waals surface area contributed by atoms with Gasteiger partial charge in [-0.2, -0.15) is 0 Å². The number of nitrogens with two attached hydrogens (primary N) is 2. The van der Waals surface area contributed by atoms with Crippen LogP contribution in [0.4, 0.5) is 5.69 Å². The molecule has 0 saturated heterocycles. The summed E-state index contributed by atoms with van der Waals surface area (Å²) >= 11 is 5.63. The van der Waals surface area contributed by atoms with Crippen molar-refractivity contribution in [3.05, 3.63) is 22.2 Å². The van der Waals surface area contributed by atoms with Crippen molar-refractivity contribution in [2.75, 3.05) is 5.73 Å². The van der Waals surface area contributed by atoms with E-state index in [1.54, 1.807) is 0 Å². The van der Waals surface area contributed by atoms with Crippen molar-refractivity contribution >= 4 is 33.3 Å². The lowest BCUT2D eigenvalue weighted by Gasteiger charge is -2.11. The fourth-order valence-electron chi connectivity index (χ4n) is 1.28. The lowest BCUT2D eigenvalue weighted by Crippen LogP contribution is -2.19. The zero-order valence-electron chi connectivity index (χ0n) is 8.19. The van der Waals surface area contributed by atoms with Crippen LogP contribution in [0.2, 0.25) is 5.02 Å². The van der Waals surface area contributed by atoms with Gasteiger partial charge in [-0.15, -0.1) is 0 Å². The molecule has 0 amide bonds. The minimum atomic E-state index is -4.22. The van der Waals surface area contributed by atoms with Gasteiger partial charge in [0.15, 0.2) is 0 Å². The quantitative estimate of drug-likeness (QED) is 0.674. The van der Waals surface area contributed by atoms with E-state index in [-0.39, 0.29) is 16.3 Å². The molecule has 88 valence electrons. The van der Waals surface area contributed by atoms with Crippen molar-refractivity contribution in [3.63, 3.8) is 0 Å². The van der Waals surface area contributed by atoms with Crippen LogP contribution in [-0.4, -0.2) is 19.5 Å². The molecular weight excluding hydrogens is 256 g/mol. The van der Waals surface area contributed by atoms with Gasteiger partial charge in [-0.3, -0.25) is 0 Å². The van der Waals surface area contributed by atoms with Gasteiger partial charge in [0.2, 0.25) is 10.0 Å². The third-order valence-corrected chi connectivity index (χ3v) is 3.44. The van der Waals surface area contributed by atoms with Crippen molar-refractivity contribution < 1.29 is 18.3 Å². The number of primary sulfonamides is 1. The van der Waals surface area contributed by atoms with E-state index >= 15 is 0 Å². The number of benzene rings is 1. The minimum Gasteiger partial charge on any atom is -0.478 e. The topological polar surface area (TPSA) is 123 Å². The van der Waals surface area contributed by atoms with E-state index in [0.29, 0.717) is 0 Å². The molecule has 0 unspecified atom stereocenters. The van der Waals surface area contributed by atoms with Crippen LogP contribution in [0.15, 0.2) is 11.0 Å². The summed E-state index contributed by atoms with van der Waals surface area (Å²) in [6.45, 7) is 1.38. The van der Waals surface area contributed by atoms with Crippen LogP contribution in [0.25, 0.3) is 0 Å². The second-order valence-corrected chi connectivity index (χ2v) is 5.03. The lowest BCUT2D eigenvalue weighted by molar-refractivity contribution is 0.0692. The number of hydrogen-bond acceptors (Lipinski definition) is 4. The molecule has 5 N–H and O–H groups in total. The van der Waals surface area contributed by atoms with Gasteiger partial charge in [0, 0.05) is 5.69 Å². The molecule has 0 saturated carbocycles. The van der Waals surface area contributed by atoms with E-state index in [4.69, 9.17) is 27.6 Å². The highest BCUT2D eigenvalue weighted by molar-refractivity contribution is 7.89. The largest absolute Gasteiger partial charge is 0.478 e. The lowest BCUT2D eigenvalue weighted by atomic mass is 10.1. The Morgan fingerprint density at radius 3 is 2.38 bits per heavy atom. The maximum absolute atomic E-state index is 11.2. The van der Waals surface area contributed by atoms with Crippen LogP contribution in [0.1, 0.15) is 15.9 Å². The second kappa shape index (κ2) is 3.93. The van der Waals surface area contributed by atoms with Gasteiger partial charge in [0.05, 0.1) is 10.6 Å². The number of carboxylic acids is 1. The zero-order valence-corrected chi connectivity index (χ0v) is 9.76. The third-order valence-electron chi connectivity index (χ3n) is 2.03. The van der Waals surface area contributed by atoms with Gasteiger partial charge in [0.1, 0.15) is 4.90 Å². The van der Waals surface area contributed by atoms with Crippen LogP contribution in [-0.2, 0) is 10.0 Å². The predicted molar refractivity (Wildman–Crippen MR) is 58.9 cm³/mol. The van der Waals surface area contributed by atoms with E-state index in [2.05, 4.69) is 0 Å². The monoisotopic (exact) mass is 264 g/mol. The molecule has 0 aliphatic heterocycles. The normalized spacial score (nSPS) is 11.4. The van der Waals surface area contributed by atoms with Crippen molar-refractivity contribution in [2.45, 2.75) is 11.8 Å². The summed E-state index contributed by atoms with van der Waals surface area (Å²) < 4.78 is 22.5. The van der Waals surface area contributed by atoms with E-state index < -0.39 is 26.5 Å². The molecule has 0 fully saturated rings. The average molecular weight is 265 g/mol. The van der Waals surface area contributed by atoms with E-state index in [0.717, 1.165) is 6.07 Å². The number of carbonyl (C=O) groups is 1. The van der Waals surface area contributed by atoms with Gasteiger partial charge in [-0.25, -0.2) is 18.4 Å². The molecule has 0 atom stereocenters. The number of sulfonamides is 1. The summed E-state index contributed by atoms with van der Waals surface area (Å²) in [7, 11) is -4.22. The Morgan fingerprint density at radius 1 is 1.50 bits per heavy atom. The molecule has 0 aliphatic carbocycles. The Bertz CT molecular complexity index is 568. The first-order valence-corrected chi connectivity index (χ1v) is 5.93. The fourth-order valence-corrected chi connectivity index (χ4v) is 2.67. The maximum atomic E-state index is 11.2. The Balaban J connectivity index is 3.86. The van der Waals surface area contributed by atoms with Gasteiger partial charge in [0.25, 0.3) is 0 Å². The zero-order chi connectivity index (χ0) is 12.7. The number of rotatable bonds is 2. The number of carboxylic acid groups (broad SMARTS) is 1. The molecule has 1 aromatic carbocycles. The molecule has 0 bridgehead atoms. The second-order valence-electron chi connectivity index (χ2n) is 3.13. The summed E-state index contributed by atoms with van der Waals surface area (Å²) in [6.07, 6.45) is 0. The fraction of sp³-hybridized carbons (Fsp3) is 0.125. The first-order chi connectivity index (χ1) is 7.16. The summed E-state index contributed by atoms with van der Waals surface area (Å²) in [5, 5.41) is 13.5. The highest BCUT2D eigenvalue weighted by Crippen LogP contribution is 2.31. The highest BCUT2D eigenvalue weighted by Gasteiger charge is 2.26. The standard InChI is InChI=1S/C8H9ClN2O4S/c1-3-5(10)2-4(9)7(16(11,14)15)6(3)8(12)13/h2H,10H2,1H3,(H,12,13)(H2,11,14,15). The number of anilines is 1. The summed E-state index contributed by atoms with van der Waals surface area (Å²) in [5.74, 6) is -1.45. The molecule has 1 rings (SSSR count). The molecule has 0 spiro atoms. The summed E-state index contributed by atoms with van der Waals surface area (Å²) in [5.41, 5.74) is 5.20. The Kier molecular flexibility index (Phi) is 3.13. The summed E-state index contributed by atoms with van der Waals surface area (Å²) in [6, 6.07) is 1.16. The SMILES string of the molecule is Cc1c(N)cc(Cl)c(S(N)(=O)=O)c1C(=O)O. The number of halogens is 1. The van der Waals surface area contributed by atoms with E-state index in [1.165, 1.54) is 6.92 Å². The molecule has 1 aromatic rings. The summed E-state index contributed by atoms with van der Waals surface area (Å²) in [4.78, 5) is 10.3. The number of nitrogen functional groups attached to an aromatic ring is 1. The van der Waals surface area contributed by atoms with Crippen molar-refractivity contribution in [3.8, 4) is 0 Å². The third kappa shape index (κ3) is 2.11. The molecule has 0 heterocycles. The van der Waals surface area contributed by atoms with E-state index in [9.17, 15) is 13.2 Å². The first kappa shape index (κ1) is 12.8. The number of hydrogen-bond donors (Lipinski definition) is 3. The van der Waals surface area contributed by atoms with Crippen LogP contribution in [0.3, 0.4) is 0 Å². The smallest absolute Gasteiger partial charge is 0.337 e. The van der Waals surface area contributed by atoms with Crippen molar-refractivity contribution in [1.29, 1.82) is 0 Å². The molecule has 0 radical (unpaired) electrons. The highest BCUT2D eigenvalue weighted by atomic mass is 35.5. The molecule has 0 aliphatic rings. The van der Waals surface area contributed by atoms with Gasteiger partial charge in [-0.1, -0.05) is 11.6 Å². The Morgan fingerprint density at radius 2 is 2.00 bits per heavy atom. The van der Waals surface area contributed by atoms with Gasteiger partial charge >= 0.3 is 5.97 Å². The predicted octanol–water partition coefficient (Wildman–Crippen LogP) is 0.576. The van der Waals surface area contributed by atoms with Gasteiger partial charge < -0.3 is 10.8 Å². The first-order valence-electron chi connectivity index (χ1n) is 4.01. The molecule has 6 nitrogen and oxygen atoms in total. The molecule has 16 heavy (non-hydrogen) atoms. The number of aromatic carboxylic acids is 1. The van der Waals surface area contributed by atoms with Crippen molar-refractivity contribution in [1.82, 2.24) is 0 Å². The molecule has 0 aromatic heterocycles. The maximum Gasteiger partial charge on any atom is 0.337 e. The van der Waals surface area contributed by atoms with Crippen LogP contribution in [0, 0.1) is 6.92 Å². The van der Waals surface area contributed by atoms with Crippen LogP contribution >= 0.6 is 11.6 Å². The van der Waals surface area contributed by atoms with Crippen LogP contribution < -0.4 is 10.9 Å². The minimum absolute atomic E-state index is 0.0924. The Hall–Kier alpha value is -1.31. The van der Waals surface area contributed by atoms with Gasteiger partial charge in [-0.05, 0) is 18.6 Å². The molecular formula is C8H9ClN2O4S. The average Bonchev–Trinajstić information content (AvgIpc) is 2.07. The molecule has 8 heteroatoms. The van der Waals surface area contributed by atoms with Crippen LogP contribution in [0.5, 0.6) is 0 Å². The Labute approximate surface area is 96.9 Å². The van der Waals surface area contributed by atoms with Crippen molar-refractivity contribution in [2.24, 2.45) is 5.14 Å². The van der Waals surface area contributed by atoms with E-state index in [1.807, 2.05) is 0 Å².